The molecule has 1 heterocycles. The molecular formula is C13H25N3. The van der Waals surface area contributed by atoms with Crippen molar-refractivity contribution < 1.29 is 0 Å². The van der Waals surface area contributed by atoms with Crippen LogP contribution < -0.4 is 5.32 Å². The van der Waals surface area contributed by atoms with E-state index in [1.165, 1.54) is 5.69 Å². The van der Waals surface area contributed by atoms with E-state index in [1.54, 1.807) is 0 Å². The monoisotopic (exact) mass is 223 g/mol. The standard InChI is InChI=1S/C13H25N3/c1-11-9-12(2)16(15-11)8-6-7-14-10-13(3,4)5/h9,14H,6-8,10H2,1-5H3. The summed E-state index contributed by atoms with van der Waals surface area (Å²) in [6, 6.07) is 2.13. The van der Waals surface area contributed by atoms with Crippen LogP contribution in [0, 0.1) is 19.3 Å². The van der Waals surface area contributed by atoms with E-state index in [1.807, 2.05) is 6.92 Å². The predicted octanol–water partition coefficient (Wildman–Crippen LogP) is 2.53. The number of aryl methyl sites for hydroxylation is 3. The van der Waals surface area contributed by atoms with Crippen LogP contribution in [0.25, 0.3) is 0 Å². The average molecular weight is 223 g/mol. The molecule has 1 aromatic heterocycles. The molecule has 0 fully saturated rings. The summed E-state index contributed by atoms with van der Waals surface area (Å²) < 4.78 is 2.09. The van der Waals surface area contributed by atoms with Gasteiger partial charge in [0.1, 0.15) is 0 Å². The number of nitrogens with one attached hydrogen (secondary N) is 1. The number of aromatic nitrogens is 2. The third kappa shape index (κ3) is 4.79. The topological polar surface area (TPSA) is 29.9 Å². The summed E-state index contributed by atoms with van der Waals surface area (Å²) in [6.07, 6.45) is 1.14. The summed E-state index contributed by atoms with van der Waals surface area (Å²) >= 11 is 0. The molecule has 0 atom stereocenters. The SMILES string of the molecule is Cc1cc(C)n(CCCNCC(C)(C)C)n1. The summed E-state index contributed by atoms with van der Waals surface area (Å²) in [5.41, 5.74) is 2.74. The number of hydrogen-bond acceptors (Lipinski definition) is 2. The summed E-state index contributed by atoms with van der Waals surface area (Å²) in [6.45, 7) is 14.1. The van der Waals surface area contributed by atoms with Gasteiger partial charge in [0, 0.05) is 12.2 Å². The van der Waals surface area contributed by atoms with Gasteiger partial charge in [-0.05, 0) is 44.8 Å². The fourth-order valence-corrected chi connectivity index (χ4v) is 1.72. The maximum Gasteiger partial charge on any atom is 0.0596 e. The lowest BCUT2D eigenvalue weighted by molar-refractivity contribution is 0.375. The molecule has 1 rings (SSSR count). The van der Waals surface area contributed by atoms with E-state index in [4.69, 9.17) is 0 Å². The van der Waals surface area contributed by atoms with Crippen molar-refractivity contribution in [2.24, 2.45) is 5.41 Å². The molecule has 92 valence electrons. The van der Waals surface area contributed by atoms with E-state index < -0.39 is 0 Å². The molecule has 0 aromatic carbocycles. The Labute approximate surface area is 99.2 Å². The van der Waals surface area contributed by atoms with Crippen molar-refractivity contribution in [2.75, 3.05) is 13.1 Å². The first-order valence-electron chi connectivity index (χ1n) is 6.10. The first kappa shape index (κ1) is 13.2. The van der Waals surface area contributed by atoms with Gasteiger partial charge in [0.15, 0.2) is 0 Å². The Morgan fingerprint density at radius 2 is 2.00 bits per heavy atom. The second-order valence-electron chi connectivity index (χ2n) is 5.74. The largest absolute Gasteiger partial charge is 0.316 e. The van der Waals surface area contributed by atoms with E-state index in [0.29, 0.717) is 5.41 Å². The Balaban J connectivity index is 2.19. The van der Waals surface area contributed by atoms with Crippen LogP contribution in [0.5, 0.6) is 0 Å². The second kappa shape index (κ2) is 5.48. The molecule has 3 heteroatoms. The van der Waals surface area contributed by atoms with Crippen molar-refractivity contribution in [3.8, 4) is 0 Å². The summed E-state index contributed by atoms with van der Waals surface area (Å²) in [5.74, 6) is 0. The van der Waals surface area contributed by atoms with Crippen molar-refractivity contribution >= 4 is 0 Å². The zero-order valence-electron chi connectivity index (χ0n) is 11.3. The molecule has 0 radical (unpaired) electrons. The minimum absolute atomic E-state index is 0.373. The van der Waals surface area contributed by atoms with Crippen LogP contribution in [0.4, 0.5) is 0 Å². The molecule has 16 heavy (non-hydrogen) atoms. The molecule has 1 N–H and O–H groups in total. The van der Waals surface area contributed by atoms with Crippen LogP contribution in [-0.4, -0.2) is 22.9 Å². The lowest BCUT2D eigenvalue weighted by atomic mass is 9.97. The van der Waals surface area contributed by atoms with Crippen molar-refractivity contribution in [1.29, 1.82) is 0 Å². The average Bonchev–Trinajstić information content (AvgIpc) is 2.42. The van der Waals surface area contributed by atoms with Crippen LogP contribution in [0.2, 0.25) is 0 Å². The van der Waals surface area contributed by atoms with Crippen LogP contribution in [-0.2, 0) is 6.54 Å². The predicted molar refractivity (Wildman–Crippen MR) is 68.6 cm³/mol. The minimum Gasteiger partial charge on any atom is -0.316 e. The highest BCUT2D eigenvalue weighted by molar-refractivity contribution is 5.06. The molecule has 0 bridgehead atoms. The molecule has 0 unspecified atom stereocenters. The van der Waals surface area contributed by atoms with Gasteiger partial charge >= 0.3 is 0 Å². The number of nitrogens with zero attached hydrogens (tertiary/aromatic N) is 2. The smallest absolute Gasteiger partial charge is 0.0596 e. The van der Waals surface area contributed by atoms with Crippen LogP contribution in [0.1, 0.15) is 38.6 Å². The first-order valence-corrected chi connectivity index (χ1v) is 6.10. The second-order valence-corrected chi connectivity index (χ2v) is 5.74. The highest BCUT2D eigenvalue weighted by Gasteiger charge is 2.08. The van der Waals surface area contributed by atoms with Gasteiger partial charge in [-0.15, -0.1) is 0 Å². The zero-order valence-corrected chi connectivity index (χ0v) is 11.3. The Morgan fingerprint density at radius 3 is 2.50 bits per heavy atom. The lowest BCUT2D eigenvalue weighted by Gasteiger charge is -2.18. The van der Waals surface area contributed by atoms with Gasteiger partial charge in [-0.2, -0.15) is 5.10 Å². The molecule has 0 aliphatic carbocycles. The van der Waals surface area contributed by atoms with Crippen LogP contribution in [0.3, 0.4) is 0 Å². The normalized spacial score (nSPS) is 12.1. The molecule has 1 aromatic rings. The Hall–Kier alpha value is -0.830. The van der Waals surface area contributed by atoms with Gasteiger partial charge in [-0.3, -0.25) is 4.68 Å². The highest BCUT2D eigenvalue weighted by atomic mass is 15.3. The maximum atomic E-state index is 4.45. The number of hydrogen-bond donors (Lipinski definition) is 1. The number of rotatable bonds is 5. The Kier molecular flexibility index (Phi) is 4.54. The van der Waals surface area contributed by atoms with Crippen LogP contribution in [0.15, 0.2) is 6.07 Å². The first-order chi connectivity index (χ1) is 7.38. The van der Waals surface area contributed by atoms with E-state index in [0.717, 1.165) is 31.7 Å². The van der Waals surface area contributed by atoms with Gasteiger partial charge in [-0.25, -0.2) is 0 Å². The molecule has 0 saturated carbocycles. The van der Waals surface area contributed by atoms with Crippen molar-refractivity contribution in [3.05, 3.63) is 17.5 Å². The minimum atomic E-state index is 0.373. The molecule has 0 aliphatic rings. The lowest BCUT2D eigenvalue weighted by Crippen LogP contribution is -2.28. The van der Waals surface area contributed by atoms with Gasteiger partial charge in [0.2, 0.25) is 0 Å². The van der Waals surface area contributed by atoms with E-state index >= 15 is 0 Å². The maximum absolute atomic E-state index is 4.45. The Bertz CT molecular complexity index is 320. The zero-order chi connectivity index (χ0) is 12.2. The fourth-order valence-electron chi connectivity index (χ4n) is 1.72. The molecular weight excluding hydrogens is 198 g/mol. The summed E-state index contributed by atoms with van der Waals surface area (Å²) in [4.78, 5) is 0. The van der Waals surface area contributed by atoms with Crippen molar-refractivity contribution in [1.82, 2.24) is 15.1 Å². The third-order valence-electron chi connectivity index (χ3n) is 2.48. The molecule has 0 aliphatic heterocycles. The highest BCUT2D eigenvalue weighted by Crippen LogP contribution is 2.10. The molecule has 0 spiro atoms. The Morgan fingerprint density at radius 1 is 1.31 bits per heavy atom. The summed E-state index contributed by atoms with van der Waals surface area (Å²) in [5, 5.41) is 7.93. The molecule has 0 saturated heterocycles. The van der Waals surface area contributed by atoms with Crippen molar-refractivity contribution in [2.45, 2.75) is 47.6 Å². The summed E-state index contributed by atoms with van der Waals surface area (Å²) in [7, 11) is 0. The van der Waals surface area contributed by atoms with Crippen molar-refractivity contribution in [3.63, 3.8) is 0 Å². The quantitative estimate of drug-likeness (QED) is 0.777. The van der Waals surface area contributed by atoms with E-state index in [9.17, 15) is 0 Å². The van der Waals surface area contributed by atoms with E-state index in [2.05, 4.69) is 48.9 Å². The van der Waals surface area contributed by atoms with Gasteiger partial charge in [-0.1, -0.05) is 20.8 Å². The third-order valence-corrected chi connectivity index (χ3v) is 2.48. The molecule has 3 nitrogen and oxygen atoms in total. The van der Waals surface area contributed by atoms with Gasteiger partial charge in [0.25, 0.3) is 0 Å². The fraction of sp³-hybridized carbons (Fsp3) is 0.769. The van der Waals surface area contributed by atoms with Gasteiger partial charge < -0.3 is 5.32 Å². The molecule has 0 amide bonds. The van der Waals surface area contributed by atoms with Gasteiger partial charge in [0.05, 0.1) is 5.69 Å². The van der Waals surface area contributed by atoms with E-state index in [-0.39, 0.29) is 0 Å². The van der Waals surface area contributed by atoms with Crippen LogP contribution >= 0.6 is 0 Å².